The van der Waals surface area contributed by atoms with E-state index in [4.69, 9.17) is 18.9 Å². The number of benzene rings is 3. The molecule has 3 aromatic carbocycles. The predicted molar refractivity (Wildman–Crippen MR) is 120 cm³/mol. The van der Waals surface area contributed by atoms with Crippen molar-refractivity contribution in [2.45, 2.75) is 23.9 Å². The van der Waals surface area contributed by atoms with Crippen LogP contribution in [0.3, 0.4) is 0 Å². The molecule has 0 radical (unpaired) electrons. The number of aliphatic hydroxyl groups is 2. The Morgan fingerprint density at radius 3 is 1.72 bits per heavy atom. The van der Waals surface area contributed by atoms with Gasteiger partial charge in [0.15, 0.2) is 0 Å². The molecule has 0 amide bonds. The molecule has 0 aliphatic carbocycles. The molecule has 0 unspecified atom stereocenters. The van der Waals surface area contributed by atoms with E-state index in [1.54, 1.807) is 14.2 Å². The Kier molecular flexibility index (Phi) is 6.77. The Hall–Kier alpha value is -2.90. The standard InChI is InChI=1S/C26H28O6/c1-29-21-12-8-19(9-13-21)26(18-6-4-3-5-7-18,20-10-14-22(30-2)15-11-20)32-17-24-25(28)23(27)16-31-24/h3-15,23-25,27-28H,16-17H2,1-2H3/t23-,24+,25+/m0/s1. The third-order valence-electron chi connectivity index (χ3n) is 5.89. The molecule has 1 aliphatic heterocycles. The van der Waals surface area contributed by atoms with Crippen molar-refractivity contribution in [3.05, 3.63) is 95.6 Å². The van der Waals surface area contributed by atoms with E-state index in [0.29, 0.717) is 0 Å². The smallest absolute Gasteiger partial charge is 0.143 e. The van der Waals surface area contributed by atoms with E-state index in [9.17, 15) is 10.2 Å². The number of methoxy groups -OCH3 is 2. The average Bonchev–Trinajstić information content (AvgIpc) is 3.18. The van der Waals surface area contributed by atoms with Crippen LogP contribution in [0.1, 0.15) is 16.7 Å². The minimum Gasteiger partial charge on any atom is -0.497 e. The Morgan fingerprint density at radius 1 is 0.781 bits per heavy atom. The Bertz CT molecular complexity index is 940. The minimum atomic E-state index is -1.00. The average molecular weight is 437 g/mol. The quantitative estimate of drug-likeness (QED) is 0.529. The number of aliphatic hydroxyl groups excluding tert-OH is 2. The monoisotopic (exact) mass is 436 g/mol. The van der Waals surface area contributed by atoms with Gasteiger partial charge in [-0.15, -0.1) is 0 Å². The second-order valence-corrected chi connectivity index (χ2v) is 7.74. The lowest BCUT2D eigenvalue weighted by Crippen LogP contribution is -2.39. The highest BCUT2D eigenvalue weighted by Crippen LogP contribution is 2.42. The first-order valence-corrected chi connectivity index (χ1v) is 10.5. The maximum Gasteiger partial charge on any atom is 0.143 e. The van der Waals surface area contributed by atoms with Crippen LogP contribution in [0.4, 0.5) is 0 Å². The van der Waals surface area contributed by atoms with Crippen molar-refractivity contribution in [2.24, 2.45) is 0 Å². The zero-order chi connectivity index (χ0) is 22.6. The predicted octanol–water partition coefficient (Wildman–Crippen LogP) is 3.13. The summed E-state index contributed by atoms with van der Waals surface area (Å²) in [5.74, 6) is 1.48. The fourth-order valence-electron chi connectivity index (χ4n) is 4.10. The maximum atomic E-state index is 10.3. The molecule has 32 heavy (non-hydrogen) atoms. The maximum absolute atomic E-state index is 10.3. The van der Waals surface area contributed by atoms with Crippen LogP contribution >= 0.6 is 0 Å². The van der Waals surface area contributed by atoms with Crippen LogP contribution in [0.2, 0.25) is 0 Å². The zero-order valence-electron chi connectivity index (χ0n) is 18.2. The highest BCUT2D eigenvalue weighted by Gasteiger charge is 2.41. The van der Waals surface area contributed by atoms with Gasteiger partial charge in [0, 0.05) is 0 Å². The molecule has 4 rings (SSSR count). The van der Waals surface area contributed by atoms with Crippen molar-refractivity contribution < 1.29 is 29.2 Å². The molecule has 1 heterocycles. The van der Waals surface area contributed by atoms with Gasteiger partial charge in [0.05, 0.1) is 27.4 Å². The molecule has 1 aliphatic rings. The lowest BCUT2D eigenvalue weighted by molar-refractivity contribution is -0.0725. The number of hydrogen-bond acceptors (Lipinski definition) is 6. The van der Waals surface area contributed by atoms with Crippen molar-refractivity contribution in [3.63, 3.8) is 0 Å². The molecule has 168 valence electrons. The van der Waals surface area contributed by atoms with Crippen LogP contribution in [0, 0.1) is 0 Å². The molecule has 6 nitrogen and oxygen atoms in total. The molecule has 0 bridgehead atoms. The molecule has 3 aromatic rings. The molecular weight excluding hydrogens is 408 g/mol. The summed E-state index contributed by atoms with van der Waals surface area (Å²) in [5, 5.41) is 20.2. The lowest BCUT2D eigenvalue weighted by atomic mass is 9.80. The van der Waals surface area contributed by atoms with Gasteiger partial charge in [0.2, 0.25) is 0 Å². The largest absolute Gasteiger partial charge is 0.497 e. The van der Waals surface area contributed by atoms with Gasteiger partial charge in [-0.25, -0.2) is 0 Å². The van der Waals surface area contributed by atoms with Gasteiger partial charge in [0.1, 0.15) is 35.4 Å². The lowest BCUT2D eigenvalue weighted by Gasteiger charge is -2.37. The molecule has 0 spiro atoms. The summed E-state index contributed by atoms with van der Waals surface area (Å²) >= 11 is 0. The number of ether oxygens (including phenoxy) is 4. The van der Waals surface area contributed by atoms with E-state index in [2.05, 4.69) is 0 Å². The van der Waals surface area contributed by atoms with Crippen molar-refractivity contribution in [3.8, 4) is 11.5 Å². The van der Waals surface area contributed by atoms with Gasteiger partial charge in [-0.05, 0) is 41.0 Å². The topological polar surface area (TPSA) is 77.4 Å². The summed E-state index contributed by atoms with van der Waals surface area (Å²) in [5.41, 5.74) is 1.71. The van der Waals surface area contributed by atoms with E-state index in [1.165, 1.54) is 0 Å². The SMILES string of the molecule is COc1ccc(C(OC[C@H]2OC[C@H](O)[C@H]2O)(c2ccccc2)c2ccc(OC)cc2)cc1. The summed E-state index contributed by atoms with van der Waals surface area (Å²) in [6.07, 6.45) is -2.56. The molecule has 0 saturated carbocycles. The summed E-state index contributed by atoms with van der Waals surface area (Å²) < 4.78 is 23.0. The van der Waals surface area contributed by atoms with Crippen molar-refractivity contribution >= 4 is 0 Å². The van der Waals surface area contributed by atoms with E-state index in [-0.39, 0.29) is 13.2 Å². The number of hydrogen-bond donors (Lipinski definition) is 2. The highest BCUT2D eigenvalue weighted by atomic mass is 16.6. The second-order valence-electron chi connectivity index (χ2n) is 7.74. The van der Waals surface area contributed by atoms with Crippen LogP contribution < -0.4 is 9.47 Å². The highest BCUT2D eigenvalue weighted by molar-refractivity contribution is 5.49. The van der Waals surface area contributed by atoms with E-state index in [1.807, 2.05) is 78.9 Å². The van der Waals surface area contributed by atoms with Gasteiger partial charge in [-0.1, -0.05) is 54.6 Å². The Morgan fingerprint density at radius 2 is 1.28 bits per heavy atom. The summed E-state index contributed by atoms with van der Waals surface area (Å²) in [4.78, 5) is 0. The van der Waals surface area contributed by atoms with Crippen LogP contribution in [-0.2, 0) is 15.1 Å². The minimum absolute atomic E-state index is 0.0819. The molecule has 6 heteroatoms. The first kappa shape index (κ1) is 22.3. The first-order valence-electron chi connectivity index (χ1n) is 10.5. The Balaban J connectivity index is 1.84. The molecule has 0 aromatic heterocycles. The van der Waals surface area contributed by atoms with Crippen LogP contribution in [-0.4, -0.2) is 56.0 Å². The third kappa shape index (κ3) is 4.23. The zero-order valence-corrected chi connectivity index (χ0v) is 18.2. The summed E-state index contributed by atoms with van der Waals surface area (Å²) in [6.45, 7) is 0.170. The fraction of sp³-hybridized carbons (Fsp3) is 0.308. The van der Waals surface area contributed by atoms with Crippen LogP contribution in [0.5, 0.6) is 11.5 Å². The van der Waals surface area contributed by atoms with Gasteiger partial charge < -0.3 is 29.2 Å². The van der Waals surface area contributed by atoms with Crippen LogP contribution in [0.25, 0.3) is 0 Å². The Labute approximate surface area is 188 Å². The van der Waals surface area contributed by atoms with Crippen molar-refractivity contribution in [1.29, 1.82) is 0 Å². The van der Waals surface area contributed by atoms with Gasteiger partial charge in [-0.3, -0.25) is 0 Å². The second kappa shape index (κ2) is 9.71. The van der Waals surface area contributed by atoms with Crippen molar-refractivity contribution in [2.75, 3.05) is 27.4 Å². The fourth-order valence-corrected chi connectivity index (χ4v) is 4.10. The van der Waals surface area contributed by atoms with Crippen LogP contribution in [0.15, 0.2) is 78.9 Å². The number of rotatable bonds is 8. The van der Waals surface area contributed by atoms with E-state index < -0.39 is 23.9 Å². The third-order valence-corrected chi connectivity index (χ3v) is 5.89. The van der Waals surface area contributed by atoms with Gasteiger partial charge in [0.25, 0.3) is 0 Å². The van der Waals surface area contributed by atoms with Gasteiger partial charge >= 0.3 is 0 Å². The van der Waals surface area contributed by atoms with Crippen molar-refractivity contribution in [1.82, 2.24) is 0 Å². The van der Waals surface area contributed by atoms with E-state index >= 15 is 0 Å². The van der Waals surface area contributed by atoms with Gasteiger partial charge in [-0.2, -0.15) is 0 Å². The molecule has 3 atom stereocenters. The van der Waals surface area contributed by atoms with E-state index in [0.717, 1.165) is 28.2 Å². The summed E-state index contributed by atoms with van der Waals surface area (Å²) in [7, 11) is 3.26. The first-order chi connectivity index (χ1) is 15.6. The molecular formula is C26H28O6. The molecule has 2 N–H and O–H groups in total. The summed E-state index contributed by atoms with van der Waals surface area (Å²) in [6, 6.07) is 25.4. The normalized spacial score (nSPS) is 20.8. The molecule has 1 saturated heterocycles. The molecule has 1 fully saturated rings.